The largest absolute Gasteiger partial charge is 0.507 e. The summed E-state index contributed by atoms with van der Waals surface area (Å²) in [6, 6.07) is 20.0. The molecule has 4 rings (SSSR count). The lowest BCUT2D eigenvalue weighted by atomic mass is 9.78. The minimum absolute atomic E-state index is 0. The molecule has 0 radical (unpaired) electrons. The van der Waals surface area contributed by atoms with Crippen molar-refractivity contribution in [1.82, 2.24) is 9.97 Å². The van der Waals surface area contributed by atoms with E-state index in [1.54, 1.807) is 14.2 Å². The van der Waals surface area contributed by atoms with Crippen LogP contribution in [0.15, 0.2) is 60.7 Å². The average molecular weight is 521 g/mol. The van der Waals surface area contributed by atoms with Gasteiger partial charge in [0.2, 0.25) is 0 Å². The molecule has 0 amide bonds. The van der Waals surface area contributed by atoms with E-state index < -0.39 is 0 Å². The Hall–Kier alpha value is -3.44. The highest BCUT2D eigenvalue weighted by molar-refractivity contribution is 5.85. The number of benzene rings is 3. The first-order chi connectivity index (χ1) is 16.9. The van der Waals surface area contributed by atoms with Gasteiger partial charge in [0.25, 0.3) is 0 Å². The molecule has 0 fully saturated rings. The van der Waals surface area contributed by atoms with Crippen molar-refractivity contribution in [1.29, 1.82) is 0 Å². The number of phenols is 1. The van der Waals surface area contributed by atoms with E-state index in [1.165, 1.54) is 0 Å². The maximum Gasteiger partial charge on any atom is 0.138 e. The number of hydrogen-bond donors (Lipinski definition) is 2. The molecule has 0 unspecified atom stereocenters. The van der Waals surface area contributed by atoms with Crippen LogP contribution in [0.2, 0.25) is 0 Å². The van der Waals surface area contributed by atoms with Crippen molar-refractivity contribution in [3.63, 3.8) is 0 Å². The Morgan fingerprint density at radius 3 is 1.51 bits per heavy atom. The number of rotatable bonds is 5. The zero-order valence-electron chi connectivity index (χ0n) is 22.9. The first-order valence-electron chi connectivity index (χ1n) is 12.2. The second-order valence-electron chi connectivity index (χ2n) is 11.2. The predicted octanol–water partition coefficient (Wildman–Crippen LogP) is 8.15. The van der Waals surface area contributed by atoms with Crippen molar-refractivity contribution in [2.75, 3.05) is 14.2 Å². The van der Waals surface area contributed by atoms with Crippen LogP contribution in [0, 0.1) is 0 Å². The zero-order valence-corrected chi connectivity index (χ0v) is 23.7. The van der Waals surface area contributed by atoms with Gasteiger partial charge in [-0.05, 0) is 71.5 Å². The van der Waals surface area contributed by atoms with Crippen molar-refractivity contribution >= 4 is 12.4 Å². The summed E-state index contributed by atoms with van der Waals surface area (Å²) in [4.78, 5) is 8.68. The van der Waals surface area contributed by atoms with E-state index in [0.29, 0.717) is 5.75 Å². The van der Waals surface area contributed by atoms with Gasteiger partial charge in [-0.15, -0.1) is 12.4 Å². The average Bonchev–Trinajstić information content (AvgIpc) is 3.28. The third-order valence-corrected chi connectivity index (χ3v) is 6.45. The van der Waals surface area contributed by atoms with Gasteiger partial charge in [0.1, 0.15) is 23.1 Å². The molecule has 0 atom stereocenters. The fourth-order valence-corrected chi connectivity index (χ4v) is 4.35. The quantitative estimate of drug-likeness (QED) is 0.278. The number of phenolic OH excluding ortho intramolecular Hbond substituents is 1. The van der Waals surface area contributed by atoms with Crippen LogP contribution in [0.1, 0.15) is 52.7 Å². The fourth-order valence-electron chi connectivity index (χ4n) is 4.35. The van der Waals surface area contributed by atoms with Gasteiger partial charge >= 0.3 is 0 Å². The van der Waals surface area contributed by atoms with Gasteiger partial charge in [-0.3, -0.25) is 0 Å². The molecular weight excluding hydrogens is 484 g/mol. The van der Waals surface area contributed by atoms with E-state index in [-0.39, 0.29) is 23.2 Å². The van der Waals surface area contributed by atoms with Crippen LogP contribution in [-0.2, 0) is 10.8 Å². The smallest absolute Gasteiger partial charge is 0.138 e. The number of aromatic amines is 1. The molecule has 2 N–H and O–H groups in total. The van der Waals surface area contributed by atoms with Gasteiger partial charge in [-0.1, -0.05) is 41.5 Å². The molecule has 196 valence electrons. The topological polar surface area (TPSA) is 67.4 Å². The number of nitrogens with zero attached hydrogens (tertiary/aromatic N) is 1. The number of aromatic nitrogens is 2. The maximum atomic E-state index is 11.2. The molecule has 5 nitrogen and oxygen atoms in total. The number of methoxy groups -OCH3 is 2. The van der Waals surface area contributed by atoms with Crippen molar-refractivity contribution in [3.8, 4) is 51.2 Å². The summed E-state index contributed by atoms with van der Waals surface area (Å²) in [7, 11) is 3.32. The van der Waals surface area contributed by atoms with Gasteiger partial charge < -0.3 is 19.6 Å². The second-order valence-corrected chi connectivity index (χ2v) is 11.2. The molecule has 0 aliphatic rings. The monoisotopic (exact) mass is 520 g/mol. The Morgan fingerprint density at radius 1 is 0.676 bits per heavy atom. The van der Waals surface area contributed by atoms with Crippen LogP contribution in [-0.4, -0.2) is 29.3 Å². The molecule has 0 saturated heterocycles. The maximum absolute atomic E-state index is 11.2. The number of imidazole rings is 1. The second kappa shape index (κ2) is 10.5. The Bertz CT molecular complexity index is 1260. The first kappa shape index (κ1) is 28.1. The zero-order chi connectivity index (χ0) is 26.3. The summed E-state index contributed by atoms with van der Waals surface area (Å²) in [5, 5.41) is 11.2. The Labute approximate surface area is 226 Å². The summed E-state index contributed by atoms with van der Waals surface area (Å²) in [5.41, 5.74) is 6.03. The molecule has 0 saturated carbocycles. The molecule has 4 aromatic rings. The number of ether oxygens (including phenoxy) is 2. The summed E-state index contributed by atoms with van der Waals surface area (Å²) in [6.45, 7) is 12.7. The van der Waals surface area contributed by atoms with Gasteiger partial charge in [0.15, 0.2) is 0 Å². The fraction of sp³-hybridized carbons (Fsp3) is 0.323. The van der Waals surface area contributed by atoms with Crippen molar-refractivity contribution in [2.45, 2.75) is 52.4 Å². The van der Waals surface area contributed by atoms with E-state index in [9.17, 15) is 5.11 Å². The SMILES string of the molecule is COc1ccc(-c2nc(-c3cc(C(C)(C)C)c(O)c(C(C)(C)C)c3)[nH]c2-c2ccc(OC)cc2)cc1.Cl. The van der Waals surface area contributed by atoms with Crippen LogP contribution < -0.4 is 9.47 Å². The minimum atomic E-state index is -0.232. The van der Waals surface area contributed by atoms with E-state index in [2.05, 4.69) is 58.7 Å². The van der Waals surface area contributed by atoms with Gasteiger partial charge in [0, 0.05) is 27.8 Å². The van der Waals surface area contributed by atoms with Gasteiger partial charge in [-0.25, -0.2) is 4.98 Å². The van der Waals surface area contributed by atoms with Crippen molar-refractivity contribution in [2.24, 2.45) is 0 Å². The third kappa shape index (κ3) is 5.78. The highest BCUT2D eigenvalue weighted by Crippen LogP contribution is 2.43. The van der Waals surface area contributed by atoms with Crippen LogP contribution >= 0.6 is 12.4 Å². The molecule has 1 aromatic heterocycles. The van der Waals surface area contributed by atoms with E-state index >= 15 is 0 Å². The molecule has 6 heteroatoms. The molecular formula is C31H37ClN2O3. The summed E-state index contributed by atoms with van der Waals surface area (Å²) >= 11 is 0. The Kier molecular flexibility index (Phi) is 7.99. The van der Waals surface area contributed by atoms with Crippen LogP contribution in [0.5, 0.6) is 17.2 Å². The van der Waals surface area contributed by atoms with Gasteiger partial charge in [-0.2, -0.15) is 0 Å². The highest BCUT2D eigenvalue weighted by atomic mass is 35.5. The molecule has 37 heavy (non-hydrogen) atoms. The number of halogens is 1. The van der Waals surface area contributed by atoms with Crippen LogP contribution in [0.25, 0.3) is 33.9 Å². The molecule has 0 aliphatic heterocycles. The number of hydrogen-bond acceptors (Lipinski definition) is 4. The highest BCUT2D eigenvalue weighted by Gasteiger charge is 2.28. The van der Waals surface area contributed by atoms with Crippen LogP contribution in [0.3, 0.4) is 0 Å². The van der Waals surface area contributed by atoms with Gasteiger partial charge in [0.05, 0.1) is 25.6 Å². The minimum Gasteiger partial charge on any atom is -0.507 e. The number of H-pyrrole nitrogens is 1. The standard InChI is InChI=1S/C31H36N2O3.ClH/c1-30(2,3)24-17-21(18-25(28(24)34)31(4,5)6)29-32-26(19-9-13-22(35-7)14-10-19)27(33-29)20-11-15-23(36-8)16-12-20;/h9-18,34H,1-8H3,(H,32,33);1H. The summed E-state index contributed by atoms with van der Waals surface area (Å²) in [5.74, 6) is 2.70. The lowest BCUT2D eigenvalue weighted by Gasteiger charge is -2.28. The third-order valence-electron chi connectivity index (χ3n) is 6.45. The van der Waals surface area contributed by atoms with Crippen molar-refractivity contribution in [3.05, 3.63) is 71.8 Å². The van der Waals surface area contributed by atoms with E-state index in [0.717, 1.165) is 56.5 Å². The first-order valence-corrected chi connectivity index (χ1v) is 12.2. The predicted molar refractivity (Wildman–Crippen MR) is 154 cm³/mol. The number of aromatic hydroxyl groups is 1. The lowest BCUT2D eigenvalue weighted by molar-refractivity contribution is 0.414. The molecule has 0 bridgehead atoms. The lowest BCUT2D eigenvalue weighted by Crippen LogP contribution is -2.17. The number of nitrogens with one attached hydrogen (secondary N) is 1. The molecule has 1 heterocycles. The summed E-state index contributed by atoms with van der Waals surface area (Å²) in [6.07, 6.45) is 0. The molecule has 3 aromatic carbocycles. The van der Waals surface area contributed by atoms with Crippen molar-refractivity contribution < 1.29 is 14.6 Å². The van der Waals surface area contributed by atoms with E-state index in [4.69, 9.17) is 14.5 Å². The summed E-state index contributed by atoms with van der Waals surface area (Å²) < 4.78 is 10.7. The Balaban J connectivity index is 0.00000380. The molecule has 0 spiro atoms. The normalized spacial score (nSPS) is 11.7. The molecule has 0 aliphatic carbocycles. The Morgan fingerprint density at radius 2 is 1.11 bits per heavy atom. The van der Waals surface area contributed by atoms with E-state index in [1.807, 2.05) is 48.5 Å². The van der Waals surface area contributed by atoms with Crippen LogP contribution in [0.4, 0.5) is 0 Å².